The van der Waals surface area contributed by atoms with Crippen molar-refractivity contribution in [3.63, 3.8) is 0 Å². The number of carbonyl (C=O) groups is 2. The van der Waals surface area contributed by atoms with E-state index >= 15 is 0 Å². The van der Waals surface area contributed by atoms with Crippen LogP contribution in [0.15, 0.2) is 24.3 Å². The average Bonchev–Trinajstić information content (AvgIpc) is 2.73. The predicted octanol–water partition coefficient (Wildman–Crippen LogP) is 0.986. The lowest BCUT2D eigenvalue weighted by Crippen LogP contribution is -2.21. The van der Waals surface area contributed by atoms with Crippen molar-refractivity contribution >= 4 is 12.4 Å². The molecule has 5 heteroatoms. The molecule has 0 aromatic heterocycles. The Balaban J connectivity index is 1.84. The molecule has 0 spiro atoms. The van der Waals surface area contributed by atoms with Crippen molar-refractivity contribution < 1.29 is 19.1 Å². The van der Waals surface area contributed by atoms with Crippen molar-refractivity contribution in [2.45, 2.75) is 6.10 Å². The maximum atomic E-state index is 10.7. The summed E-state index contributed by atoms with van der Waals surface area (Å²) in [5, 5.41) is 2.54. The van der Waals surface area contributed by atoms with Crippen LogP contribution >= 0.6 is 0 Å². The third-order valence-corrected chi connectivity index (χ3v) is 2.20. The van der Waals surface area contributed by atoms with Gasteiger partial charge in [0.2, 0.25) is 0 Å². The summed E-state index contributed by atoms with van der Waals surface area (Å²) in [5.74, 6) is 0.647. The van der Waals surface area contributed by atoms with Gasteiger partial charge >= 0.3 is 6.09 Å². The normalized spacial score (nSPS) is 18.8. The SMILES string of the molecule is O=Cc1ccc(OCC2CNC(=O)O2)cc1. The topological polar surface area (TPSA) is 64.6 Å². The Labute approximate surface area is 92.4 Å². The van der Waals surface area contributed by atoms with Crippen LogP contribution in [0.25, 0.3) is 0 Å². The van der Waals surface area contributed by atoms with E-state index in [0.717, 1.165) is 6.29 Å². The Morgan fingerprint density at radius 1 is 1.44 bits per heavy atom. The third-order valence-electron chi connectivity index (χ3n) is 2.20. The number of amides is 1. The molecule has 1 aromatic carbocycles. The van der Waals surface area contributed by atoms with Crippen molar-refractivity contribution in [1.29, 1.82) is 0 Å². The molecule has 5 nitrogen and oxygen atoms in total. The minimum absolute atomic E-state index is 0.252. The first-order valence-electron chi connectivity index (χ1n) is 4.90. The molecule has 84 valence electrons. The van der Waals surface area contributed by atoms with Gasteiger partial charge in [0.15, 0.2) is 6.10 Å². The molecular formula is C11H11NO4. The van der Waals surface area contributed by atoms with Gasteiger partial charge in [-0.3, -0.25) is 4.79 Å². The number of rotatable bonds is 4. The zero-order valence-electron chi connectivity index (χ0n) is 8.51. The summed E-state index contributed by atoms with van der Waals surface area (Å²) in [4.78, 5) is 21.1. The molecule has 1 saturated heterocycles. The molecule has 1 N–H and O–H groups in total. The van der Waals surface area contributed by atoms with E-state index < -0.39 is 6.09 Å². The van der Waals surface area contributed by atoms with Gasteiger partial charge in [0.1, 0.15) is 18.6 Å². The Hall–Kier alpha value is -2.04. The van der Waals surface area contributed by atoms with Gasteiger partial charge in [0.25, 0.3) is 0 Å². The zero-order chi connectivity index (χ0) is 11.4. The van der Waals surface area contributed by atoms with Gasteiger partial charge in [-0.2, -0.15) is 0 Å². The first-order valence-corrected chi connectivity index (χ1v) is 4.90. The van der Waals surface area contributed by atoms with E-state index in [9.17, 15) is 9.59 Å². The Morgan fingerprint density at radius 3 is 2.75 bits per heavy atom. The van der Waals surface area contributed by atoms with Crippen molar-refractivity contribution in [3.05, 3.63) is 29.8 Å². The number of ether oxygens (including phenoxy) is 2. The first-order chi connectivity index (χ1) is 7.78. The highest BCUT2D eigenvalue weighted by atomic mass is 16.6. The van der Waals surface area contributed by atoms with Crippen LogP contribution in [0.5, 0.6) is 5.75 Å². The van der Waals surface area contributed by atoms with E-state index in [1.165, 1.54) is 0 Å². The van der Waals surface area contributed by atoms with E-state index in [-0.39, 0.29) is 6.10 Å². The van der Waals surface area contributed by atoms with Crippen molar-refractivity contribution in [2.75, 3.05) is 13.2 Å². The second-order valence-electron chi connectivity index (χ2n) is 3.41. The molecular weight excluding hydrogens is 210 g/mol. The average molecular weight is 221 g/mol. The lowest BCUT2D eigenvalue weighted by atomic mass is 10.2. The minimum Gasteiger partial charge on any atom is -0.490 e. The third kappa shape index (κ3) is 2.50. The van der Waals surface area contributed by atoms with Gasteiger partial charge in [0, 0.05) is 5.56 Å². The Morgan fingerprint density at radius 2 is 2.19 bits per heavy atom. The number of cyclic esters (lactones) is 1. The summed E-state index contributed by atoms with van der Waals surface area (Å²) in [7, 11) is 0. The van der Waals surface area contributed by atoms with Gasteiger partial charge in [-0.25, -0.2) is 4.79 Å². The lowest BCUT2D eigenvalue weighted by Gasteiger charge is -2.09. The number of nitrogens with one attached hydrogen (secondary N) is 1. The standard InChI is InChI=1S/C11H11NO4/c13-6-8-1-3-9(4-2-8)15-7-10-5-12-11(14)16-10/h1-4,6,10H,5,7H2,(H,12,14). The second kappa shape index (κ2) is 4.65. The van der Waals surface area contributed by atoms with E-state index in [1.54, 1.807) is 24.3 Å². The van der Waals surface area contributed by atoms with Crippen molar-refractivity contribution in [2.24, 2.45) is 0 Å². The van der Waals surface area contributed by atoms with Crippen LogP contribution < -0.4 is 10.1 Å². The van der Waals surface area contributed by atoms with Gasteiger partial charge < -0.3 is 14.8 Å². The highest BCUT2D eigenvalue weighted by Crippen LogP contribution is 2.12. The molecule has 1 fully saturated rings. The largest absolute Gasteiger partial charge is 0.490 e. The molecule has 1 aromatic rings. The van der Waals surface area contributed by atoms with Crippen LogP contribution in [0.1, 0.15) is 10.4 Å². The molecule has 16 heavy (non-hydrogen) atoms. The summed E-state index contributed by atoms with van der Waals surface area (Å²) in [6.07, 6.45) is 0.107. The number of hydrogen-bond acceptors (Lipinski definition) is 4. The molecule has 0 saturated carbocycles. The fourth-order valence-corrected chi connectivity index (χ4v) is 1.36. The van der Waals surface area contributed by atoms with Crippen LogP contribution in [-0.4, -0.2) is 31.6 Å². The van der Waals surface area contributed by atoms with Crippen LogP contribution in [0.2, 0.25) is 0 Å². The highest BCUT2D eigenvalue weighted by Gasteiger charge is 2.22. The van der Waals surface area contributed by atoms with E-state index in [4.69, 9.17) is 9.47 Å². The summed E-state index contributed by atoms with van der Waals surface area (Å²) in [6, 6.07) is 6.74. The highest BCUT2D eigenvalue weighted by molar-refractivity contribution is 5.74. The van der Waals surface area contributed by atoms with Gasteiger partial charge in [-0.05, 0) is 24.3 Å². The van der Waals surface area contributed by atoms with Crippen molar-refractivity contribution in [3.8, 4) is 5.75 Å². The van der Waals surface area contributed by atoms with Gasteiger partial charge in [-0.1, -0.05) is 0 Å². The maximum absolute atomic E-state index is 10.7. The predicted molar refractivity (Wildman–Crippen MR) is 55.6 cm³/mol. The van der Waals surface area contributed by atoms with E-state index in [1.807, 2.05) is 0 Å². The van der Waals surface area contributed by atoms with Crippen molar-refractivity contribution in [1.82, 2.24) is 5.32 Å². The summed E-state index contributed by atoms with van der Waals surface area (Å²) < 4.78 is 10.3. The molecule has 1 heterocycles. The fourth-order valence-electron chi connectivity index (χ4n) is 1.36. The summed E-state index contributed by atoms with van der Waals surface area (Å²) in [5.41, 5.74) is 0.598. The van der Waals surface area contributed by atoms with Crippen LogP contribution in [-0.2, 0) is 4.74 Å². The van der Waals surface area contributed by atoms with Crippen LogP contribution in [0.3, 0.4) is 0 Å². The maximum Gasteiger partial charge on any atom is 0.407 e. The van der Waals surface area contributed by atoms with Crippen LogP contribution in [0, 0.1) is 0 Å². The van der Waals surface area contributed by atoms with E-state index in [0.29, 0.717) is 24.5 Å². The first kappa shape index (κ1) is 10.5. The number of hydrogen-bond donors (Lipinski definition) is 1. The molecule has 1 amide bonds. The molecule has 0 radical (unpaired) electrons. The fraction of sp³-hybridized carbons (Fsp3) is 0.273. The minimum atomic E-state index is -0.412. The monoisotopic (exact) mass is 221 g/mol. The second-order valence-corrected chi connectivity index (χ2v) is 3.41. The molecule has 1 atom stereocenters. The molecule has 1 aliphatic rings. The molecule has 0 bridgehead atoms. The Bertz CT molecular complexity index is 387. The van der Waals surface area contributed by atoms with Gasteiger partial charge in [0.05, 0.1) is 6.54 Å². The number of aldehydes is 1. The zero-order valence-corrected chi connectivity index (χ0v) is 8.51. The Kier molecular flexibility index (Phi) is 3.05. The molecule has 1 unspecified atom stereocenters. The molecule has 0 aliphatic carbocycles. The van der Waals surface area contributed by atoms with E-state index in [2.05, 4.69) is 5.32 Å². The molecule has 2 rings (SSSR count). The summed E-state index contributed by atoms with van der Waals surface area (Å²) >= 11 is 0. The molecule has 1 aliphatic heterocycles. The lowest BCUT2D eigenvalue weighted by molar-refractivity contribution is 0.104. The number of alkyl carbamates (subject to hydrolysis) is 1. The quantitative estimate of drug-likeness (QED) is 0.770. The smallest absolute Gasteiger partial charge is 0.407 e. The number of carbonyl (C=O) groups excluding carboxylic acids is 2. The van der Waals surface area contributed by atoms with Crippen LogP contribution in [0.4, 0.5) is 4.79 Å². The van der Waals surface area contributed by atoms with Gasteiger partial charge in [-0.15, -0.1) is 0 Å². The number of benzene rings is 1. The summed E-state index contributed by atoms with van der Waals surface area (Å²) in [6.45, 7) is 0.768.